The lowest BCUT2D eigenvalue weighted by Gasteiger charge is -1.93. The summed E-state index contributed by atoms with van der Waals surface area (Å²) in [6.45, 7) is 3.46. The third kappa shape index (κ3) is 1.29. The first kappa shape index (κ1) is 9.05. The van der Waals surface area contributed by atoms with Crippen LogP contribution in [0.15, 0.2) is 0 Å². The largest absolute Gasteiger partial charge is 0.360 e. The van der Waals surface area contributed by atoms with E-state index >= 15 is 0 Å². The van der Waals surface area contributed by atoms with Crippen molar-refractivity contribution in [3.05, 3.63) is 21.4 Å². The minimum Gasteiger partial charge on any atom is -0.358 e. The molecular weight excluding hydrogens is 178 g/mol. The topological polar surface area (TPSA) is 61.0 Å². The Morgan fingerprint density at radius 1 is 1.58 bits per heavy atom. The van der Waals surface area contributed by atoms with Gasteiger partial charge in [-0.15, -0.1) is 0 Å². The van der Waals surface area contributed by atoms with Gasteiger partial charge in [0.2, 0.25) is 0 Å². The fraction of sp³-hybridized carbons (Fsp3) is 0.500. The smallest absolute Gasteiger partial charge is 0.358 e. The van der Waals surface area contributed by atoms with Gasteiger partial charge in [-0.3, -0.25) is 0 Å². The molecule has 0 aromatic carbocycles. The van der Waals surface area contributed by atoms with Crippen LogP contribution in [0.4, 0.5) is 5.82 Å². The Kier molecular flexibility index (Phi) is 2.37. The number of rotatable bonds is 2. The molecule has 1 aromatic heterocycles. The first-order chi connectivity index (χ1) is 5.57. The van der Waals surface area contributed by atoms with Crippen molar-refractivity contribution in [1.29, 1.82) is 0 Å². The molecule has 0 aliphatic heterocycles. The van der Waals surface area contributed by atoms with Crippen molar-refractivity contribution < 1.29 is 4.92 Å². The van der Waals surface area contributed by atoms with E-state index in [1.54, 1.807) is 20.1 Å². The lowest BCUT2D eigenvalue weighted by atomic mass is 10.3. The molecule has 0 atom stereocenters. The number of aromatic nitrogens is 2. The number of aryl methyl sites for hydroxylation is 1. The summed E-state index contributed by atoms with van der Waals surface area (Å²) in [5.74, 6) is 0.0694. The van der Waals surface area contributed by atoms with Gasteiger partial charge in [-0.05, 0) is 18.8 Å². The molecule has 0 bridgehead atoms. The van der Waals surface area contributed by atoms with Crippen LogP contribution in [-0.2, 0) is 0 Å². The Morgan fingerprint density at radius 3 is 2.50 bits per heavy atom. The minimum atomic E-state index is -0.411. The fourth-order valence-electron chi connectivity index (χ4n) is 0.898. The lowest BCUT2D eigenvalue weighted by Crippen LogP contribution is -1.97. The van der Waals surface area contributed by atoms with Gasteiger partial charge < -0.3 is 10.1 Å². The van der Waals surface area contributed by atoms with E-state index in [1.165, 1.54) is 16.0 Å². The highest BCUT2D eigenvalue weighted by Crippen LogP contribution is 2.23. The molecule has 0 amide bonds. The highest BCUT2D eigenvalue weighted by molar-refractivity contribution is 7.97. The van der Waals surface area contributed by atoms with Crippen molar-refractivity contribution in [3.8, 4) is 0 Å². The van der Waals surface area contributed by atoms with Crippen molar-refractivity contribution in [3.63, 3.8) is 0 Å². The molecule has 6 heteroatoms. The van der Waals surface area contributed by atoms with Gasteiger partial charge in [-0.1, -0.05) is 9.19 Å². The average molecular weight is 187 g/mol. The van der Waals surface area contributed by atoms with Crippen LogP contribution in [0.25, 0.3) is 0 Å². The summed E-state index contributed by atoms with van der Waals surface area (Å²) in [6, 6.07) is 0. The van der Waals surface area contributed by atoms with Crippen LogP contribution in [-0.4, -0.2) is 20.4 Å². The van der Waals surface area contributed by atoms with E-state index < -0.39 is 4.92 Å². The second kappa shape index (κ2) is 3.14. The minimum absolute atomic E-state index is 0.0694. The Hall–Kier alpha value is -1.04. The maximum atomic E-state index is 10.5. The van der Waals surface area contributed by atoms with Gasteiger partial charge in [0.1, 0.15) is 0 Å². The van der Waals surface area contributed by atoms with E-state index in [0.717, 1.165) is 0 Å². The van der Waals surface area contributed by atoms with Gasteiger partial charge >= 0.3 is 5.82 Å². The van der Waals surface area contributed by atoms with Crippen molar-refractivity contribution in [1.82, 2.24) is 9.19 Å². The van der Waals surface area contributed by atoms with Crippen molar-refractivity contribution in [2.75, 3.05) is 6.26 Å². The molecule has 0 unspecified atom stereocenters. The van der Waals surface area contributed by atoms with Crippen LogP contribution in [0.2, 0.25) is 0 Å². The number of nitro groups is 1. The van der Waals surface area contributed by atoms with Crippen LogP contribution >= 0.6 is 11.9 Å². The van der Waals surface area contributed by atoms with E-state index in [2.05, 4.69) is 5.10 Å². The van der Waals surface area contributed by atoms with Gasteiger partial charge in [0.05, 0.1) is 23.2 Å². The molecule has 1 heterocycles. The van der Waals surface area contributed by atoms with Gasteiger partial charge in [0.15, 0.2) is 0 Å². The lowest BCUT2D eigenvalue weighted by molar-refractivity contribution is -0.391. The summed E-state index contributed by atoms with van der Waals surface area (Å²) in [7, 11) is 0. The zero-order chi connectivity index (χ0) is 9.30. The SMILES string of the molecule is CSn1nc(C)c(C)c1[N+](=O)[O-]. The second-order valence-electron chi connectivity index (χ2n) is 2.35. The number of hydrogen-bond acceptors (Lipinski definition) is 4. The van der Waals surface area contributed by atoms with Crippen molar-refractivity contribution in [2.24, 2.45) is 0 Å². The summed E-state index contributed by atoms with van der Waals surface area (Å²) in [5.41, 5.74) is 1.34. The third-order valence-corrected chi connectivity index (χ3v) is 2.25. The monoisotopic (exact) mass is 187 g/mol. The predicted octanol–water partition coefficient (Wildman–Crippen LogP) is 1.53. The van der Waals surface area contributed by atoms with Gasteiger partial charge in [-0.25, -0.2) is 0 Å². The first-order valence-electron chi connectivity index (χ1n) is 3.33. The molecule has 0 aliphatic carbocycles. The molecule has 0 N–H and O–H groups in total. The van der Waals surface area contributed by atoms with Gasteiger partial charge in [0.25, 0.3) is 0 Å². The molecule has 0 radical (unpaired) electrons. The van der Waals surface area contributed by atoms with Crippen LogP contribution < -0.4 is 0 Å². The summed E-state index contributed by atoms with van der Waals surface area (Å²) in [5, 5.41) is 14.5. The molecule has 0 saturated heterocycles. The highest BCUT2D eigenvalue weighted by atomic mass is 32.2. The Balaban J connectivity index is 3.31. The van der Waals surface area contributed by atoms with E-state index in [0.29, 0.717) is 11.3 Å². The normalized spacial score (nSPS) is 10.2. The standard InChI is InChI=1S/C6H9N3O2S/c1-4-5(2)7-8(12-3)6(4)9(10)11/h1-3H3. The Bertz CT molecular complexity index is 321. The summed E-state index contributed by atoms with van der Waals surface area (Å²) in [6.07, 6.45) is 1.75. The molecule has 12 heavy (non-hydrogen) atoms. The van der Waals surface area contributed by atoms with Crippen LogP contribution in [0.3, 0.4) is 0 Å². The molecule has 1 rings (SSSR count). The van der Waals surface area contributed by atoms with Crippen LogP contribution in [0, 0.1) is 24.0 Å². The number of hydrogen-bond donors (Lipinski definition) is 0. The maximum absolute atomic E-state index is 10.5. The molecule has 0 aliphatic rings. The second-order valence-corrected chi connectivity index (χ2v) is 3.06. The van der Waals surface area contributed by atoms with Gasteiger partial charge in [0, 0.05) is 6.26 Å². The summed E-state index contributed by atoms with van der Waals surface area (Å²) < 4.78 is 1.32. The molecular formula is C6H9N3O2S. The zero-order valence-corrected chi connectivity index (χ0v) is 7.88. The van der Waals surface area contributed by atoms with Crippen molar-refractivity contribution >= 4 is 17.8 Å². The van der Waals surface area contributed by atoms with E-state index in [9.17, 15) is 10.1 Å². The summed E-state index contributed by atoms with van der Waals surface area (Å²) in [4.78, 5) is 10.1. The molecule has 66 valence electrons. The van der Waals surface area contributed by atoms with Crippen LogP contribution in [0.1, 0.15) is 11.3 Å². The predicted molar refractivity (Wildman–Crippen MR) is 47.3 cm³/mol. The average Bonchev–Trinajstić information content (AvgIpc) is 2.28. The van der Waals surface area contributed by atoms with E-state index in [1.807, 2.05) is 0 Å². The first-order valence-corrected chi connectivity index (χ1v) is 4.51. The molecule has 0 saturated carbocycles. The molecule has 0 fully saturated rings. The van der Waals surface area contributed by atoms with Crippen LogP contribution in [0.5, 0.6) is 0 Å². The van der Waals surface area contributed by atoms with E-state index in [-0.39, 0.29) is 5.82 Å². The summed E-state index contributed by atoms with van der Waals surface area (Å²) >= 11 is 1.22. The molecule has 5 nitrogen and oxygen atoms in total. The van der Waals surface area contributed by atoms with Crippen molar-refractivity contribution in [2.45, 2.75) is 13.8 Å². The van der Waals surface area contributed by atoms with Gasteiger partial charge in [-0.2, -0.15) is 0 Å². The maximum Gasteiger partial charge on any atom is 0.360 e. The molecule has 0 spiro atoms. The molecule has 1 aromatic rings. The quantitative estimate of drug-likeness (QED) is 0.520. The highest BCUT2D eigenvalue weighted by Gasteiger charge is 2.21. The third-order valence-electron chi connectivity index (χ3n) is 1.65. The fourth-order valence-corrected chi connectivity index (χ4v) is 1.48. The Morgan fingerprint density at radius 2 is 2.17 bits per heavy atom. The zero-order valence-electron chi connectivity index (χ0n) is 7.07. The Labute approximate surface area is 74.0 Å². The number of nitrogens with zero attached hydrogens (tertiary/aromatic N) is 3. The van der Waals surface area contributed by atoms with E-state index in [4.69, 9.17) is 0 Å².